The van der Waals surface area contributed by atoms with Crippen LogP contribution in [0.5, 0.6) is 0 Å². The molecule has 0 unspecified atom stereocenters. The number of amides is 1. The van der Waals surface area contributed by atoms with Gasteiger partial charge in [0.15, 0.2) is 11.0 Å². The number of hydrogen-bond acceptors (Lipinski definition) is 4. The molecule has 1 amide bonds. The second-order valence-corrected chi connectivity index (χ2v) is 7.99. The van der Waals surface area contributed by atoms with Crippen LogP contribution in [0.2, 0.25) is 5.02 Å². The number of nitrogens with one attached hydrogen (secondary N) is 1. The van der Waals surface area contributed by atoms with Crippen molar-refractivity contribution < 1.29 is 4.79 Å². The predicted octanol–water partition coefficient (Wildman–Crippen LogP) is 5.68. The quantitative estimate of drug-likeness (QED) is 0.396. The maximum absolute atomic E-state index is 12.3. The van der Waals surface area contributed by atoms with Gasteiger partial charge in [0, 0.05) is 34.6 Å². The van der Waals surface area contributed by atoms with E-state index < -0.39 is 0 Å². The molecule has 5 nitrogen and oxygen atoms in total. The van der Waals surface area contributed by atoms with Crippen molar-refractivity contribution in [1.29, 1.82) is 0 Å². The minimum Gasteiger partial charge on any atom is -0.322 e. The summed E-state index contributed by atoms with van der Waals surface area (Å²) >= 11 is 7.82. The number of aromatic nitrogens is 3. The van der Waals surface area contributed by atoms with Crippen LogP contribution < -0.4 is 5.32 Å². The normalized spacial score (nSPS) is 10.7. The molecule has 0 aliphatic rings. The number of carbonyl (C=O) groups is 1. The number of hydrogen-bond donors (Lipinski definition) is 1. The molecular formula is C23H19ClN4OS. The number of carbonyl (C=O) groups excluding carboxylic acids is 1. The summed E-state index contributed by atoms with van der Waals surface area (Å²) in [6.07, 6.45) is 0. The van der Waals surface area contributed by atoms with Crippen LogP contribution in [-0.4, -0.2) is 20.7 Å². The molecule has 0 saturated carbocycles. The van der Waals surface area contributed by atoms with Gasteiger partial charge in [0.2, 0.25) is 0 Å². The number of nitrogens with zero attached hydrogens (tertiary/aromatic N) is 3. The average Bonchev–Trinajstić information content (AvgIpc) is 3.14. The van der Waals surface area contributed by atoms with Crippen molar-refractivity contribution in [3.05, 3.63) is 95.0 Å². The summed E-state index contributed by atoms with van der Waals surface area (Å²) in [6.45, 7) is 0. The van der Waals surface area contributed by atoms with Crippen LogP contribution in [0.15, 0.2) is 84.0 Å². The van der Waals surface area contributed by atoms with Crippen LogP contribution in [-0.2, 0) is 12.8 Å². The third kappa shape index (κ3) is 4.56. The molecule has 30 heavy (non-hydrogen) atoms. The monoisotopic (exact) mass is 434 g/mol. The van der Waals surface area contributed by atoms with Crippen molar-refractivity contribution in [2.75, 3.05) is 5.32 Å². The van der Waals surface area contributed by atoms with Crippen molar-refractivity contribution in [3.63, 3.8) is 0 Å². The van der Waals surface area contributed by atoms with E-state index in [9.17, 15) is 4.79 Å². The van der Waals surface area contributed by atoms with E-state index in [1.807, 2.05) is 78.3 Å². The van der Waals surface area contributed by atoms with Gasteiger partial charge in [0.1, 0.15) is 0 Å². The van der Waals surface area contributed by atoms with Gasteiger partial charge < -0.3 is 9.88 Å². The van der Waals surface area contributed by atoms with Crippen molar-refractivity contribution >= 4 is 35.0 Å². The lowest BCUT2D eigenvalue weighted by molar-refractivity contribution is 0.102. The summed E-state index contributed by atoms with van der Waals surface area (Å²) < 4.78 is 1.96. The van der Waals surface area contributed by atoms with Crippen molar-refractivity contribution in [2.45, 2.75) is 10.9 Å². The van der Waals surface area contributed by atoms with Crippen LogP contribution in [0.1, 0.15) is 15.9 Å². The smallest absolute Gasteiger partial charge is 0.255 e. The minimum absolute atomic E-state index is 0.139. The maximum atomic E-state index is 12.3. The van der Waals surface area contributed by atoms with Crippen LogP contribution in [0.25, 0.3) is 11.4 Å². The molecule has 1 N–H and O–H groups in total. The van der Waals surface area contributed by atoms with Gasteiger partial charge in [-0.05, 0) is 48.0 Å². The zero-order chi connectivity index (χ0) is 20.9. The fourth-order valence-electron chi connectivity index (χ4n) is 2.95. The summed E-state index contributed by atoms with van der Waals surface area (Å²) in [5, 5.41) is 13.1. The molecule has 4 rings (SSSR count). The van der Waals surface area contributed by atoms with Gasteiger partial charge >= 0.3 is 0 Å². The summed E-state index contributed by atoms with van der Waals surface area (Å²) in [5.41, 5.74) is 3.33. The molecule has 0 atom stereocenters. The lowest BCUT2D eigenvalue weighted by Gasteiger charge is -2.07. The van der Waals surface area contributed by atoms with E-state index in [1.165, 1.54) is 0 Å². The SMILES string of the molecule is Cn1c(SCc2ccccc2Cl)nnc1-c1ccc(NC(=O)c2ccccc2)cc1. The fourth-order valence-corrected chi connectivity index (χ4v) is 4.14. The lowest BCUT2D eigenvalue weighted by atomic mass is 10.1. The van der Waals surface area contributed by atoms with Crippen molar-refractivity contribution in [3.8, 4) is 11.4 Å². The number of thioether (sulfide) groups is 1. The molecule has 0 aliphatic carbocycles. The Bertz CT molecular complexity index is 1160. The fraction of sp³-hybridized carbons (Fsp3) is 0.0870. The van der Waals surface area contributed by atoms with Gasteiger partial charge in [-0.25, -0.2) is 0 Å². The van der Waals surface area contributed by atoms with Gasteiger partial charge in [-0.1, -0.05) is 59.8 Å². The van der Waals surface area contributed by atoms with Gasteiger partial charge in [-0.2, -0.15) is 0 Å². The molecule has 0 fully saturated rings. The van der Waals surface area contributed by atoms with E-state index in [0.717, 1.165) is 38.6 Å². The largest absolute Gasteiger partial charge is 0.322 e. The van der Waals surface area contributed by atoms with Crippen molar-refractivity contribution in [1.82, 2.24) is 14.8 Å². The zero-order valence-electron chi connectivity index (χ0n) is 16.2. The lowest BCUT2D eigenvalue weighted by Crippen LogP contribution is -2.11. The predicted molar refractivity (Wildman–Crippen MR) is 122 cm³/mol. The molecule has 0 bridgehead atoms. The molecule has 1 heterocycles. The number of benzene rings is 3. The highest BCUT2D eigenvalue weighted by atomic mass is 35.5. The van der Waals surface area contributed by atoms with E-state index in [0.29, 0.717) is 5.56 Å². The standard InChI is InChI=1S/C23H19ClN4OS/c1-28-21(26-27-23(28)30-15-18-9-5-6-10-20(18)24)16-11-13-19(14-12-16)25-22(29)17-7-3-2-4-8-17/h2-14H,15H2,1H3,(H,25,29). The van der Waals surface area contributed by atoms with Crippen LogP contribution in [0, 0.1) is 0 Å². The summed E-state index contributed by atoms with van der Waals surface area (Å²) in [4.78, 5) is 12.3. The highest BCUT2D eigenvalue weighted by molar-refractivity contribution is 7.98. The Morgan fingerprint density at radius 1 is 0.967 bits per heavy atom. The summed E-state index contributed by atoms with van der Waals surface area (Å²) in [7, 11) is 1.94. The van der Waals surface area contributed by atoms with Crippen LogP contribution >= 0.6 is 23.4 Å². The Morgan fingerprint density at radius 3 is 2.40 bits per heavy atom. The topological polar surface area (TPSA) is 59.8 Å². The second kappa shape index (κ2) is 9.15. The molecule has 1 aromatic heterocycles. The van der Waals surface area contributed by atoms with Gasteiger partial charge in [0.25, 0.3) is 5.91 Å². The van der Waals surface area contributed by atoms with Crippen LogP contribution in [0.3, 0.4) is 0 Å². The Balaban J connectivity index is 1.44. The van der Waals surface area contributed by atoms with Gasteiger partial charge in [-0.15, -0.1) is 10.2 Å². The van der Waals surface area contributed by atoms with E-state index in [4.69, 9.17) is 11.6 Å². The summed E-state index contributed by atoms with van der Waals surface area (Å²) in [6, 6.07) is 24.5. The van der Waals surface area contributed by atoms with E-state index in [2.05, 4.69) is 15.5 Å². The first-order chi connectivity index (χ1) is 14.6. The summed E-state index contributed by atoms with van der Waals surface area (Å²) in [5.74, 6) is 1.34. The molecule has 3 aromatic carbocycles. The highest BCUT2D eigenvalue weighted by Crippen LogP contribution is 2.28. The first kappa shape index (κ1) is 20.2. The van der Waals surface area contributed by atoms with Crippen molar-refractivity contribution in [2.24, 2.45) is 7.05 Å². The molecular weight excluding hydrogens is 416 g/mol. The average molecular weight is 435 g/mol. The van der Waals surface area contributed by atoms with E-state index in [-0.39, 0.29) is 5.91 Å². The molecule has 0 saturated heterocycles. The molecule has 0 aliphatic heterocycles. The molecule has 150 valence electrons. The van der Waals surface area contributed by atoms with E-state index in [1.54, 1.807) is 23.9 Å². The third-order valence-electron chi connectivity index (χ3n) is 4.59. The Labute approximate surface area is 184 Å². The zero-order valence-corrected chi connectivity index (χ0v) is 17.8. The third-order valence-corrected chi connectivity index (χ3v) is 6.02. The Kier molecular flexibility index (Phi) is 6.16. The first-order valence-electron chi connectivity index (χ1n) is 9.34. The number of halogens is 1. The van der Waals surface area contributed by atoms with Crippen LogP contribution in [0.4, 0.5) is 5.69 Å². The maximum Gasteiger partial charge on any atom is 0.255 e. The van der Waals surface area contributed by atoms with E-state index >= 15 is 0 Å². The number of rotatable bonds is 6. The minimum atomic E-state index is -0.139. The highest BCUT2D eigenvalue weighted by Gasteiger charge is 2.13. The van der Waals surface area contributed by atoms with Gasteiger partial charge in [-0.3, -0.25) is 4.79 Å². The Hall–Kier alpha value is -3.09. The number of anilines is 1. The molecule has 0 radical (unpaired) electrons. The Morgan fingerprint density at radius 2 is 1.67 bits per heavy atom. The molecule has 7 heteroatoms. The first-order valence-corrected chi connectivity index (χ1v) is 10.7. The molecule has 0 spiro atoms. The van der Waals surface area contributed by atoms with Gasteiger partial charge in [0.05, 0.1) is 0 Å². The molecule has 4 aromatic rings. The second-order valence-electron chi connectivity index (χ2n) is 6.64.